The molecule has 0 fully saturated rings. The molecular weight excluding hydrogens is 160 g/mol. The lowest BCUT2D eigenvalue weighted by molar-refractivity contribution is 0.474. The normalized spacial score (nSPS) is 10.1. The van der Waals surface area contributed by atoms with Gasteiger partial charge in [-0.25, -0.2) is 0 Å². The first-order valence-electron chi connectivity index (χ1n) is 4.54. The van der Waals surface area contributed by atoms with E-state index in [9.17, 15) is 5.11 Å². The van der Waals surface area contributed by atoms with Gasteiger partial charge in [0.05, 0.1) is 0 Å². The minimum Gasteiger partial charge on any atom is -0.508 e. The predicted molar refractivity (Wildman–Crippen MR) is 56.9 cm³/mol. The summed E-state index contributed by atoms with van der Waals surface area (Å²) in [5, 5.41) is 9.34. The molecule has 1 aromatic carbocycles. The van der Waals surface area contributed by atoms with Crippen molar-refractivity contribution in [1.29, 1.82) is 0 Å². The quantitative estimate of drug-likeness (QED) is 0.732. The van der Waals surface area contributed by atoms with Crippen LogP contribution in [0.4, 0.5) is 0 Å². The molecule has 1 heteroatoms. The molecule has 0 bridgehead atoms. The number of phenols is 1. The number of hydrogen-bond donors (Lipinski definition) is 1. The van der Waals surface area contributed by atoms with E-state index in [0.717, 1.165) is 23.1 Å². The summed E-state index contributed by atoms with van der Waals surface area (Å²) >= 11 is 0. The van der Waals surface area contributed by atoms with Crippen LogP contribution in [-0.4, -0.2) is 5.11 Å². The van der Waals surface area contributed by atoms with Crippen LogP contribution in [0.5, 0.6) is 5.75 Å². The summed E-state index contributed by atoms with van der Waals surface area (Å²) in [4.78, 5) is 0. The first kappa shape index (κ1) is 9.85. The summed E-state index contributed by atoms with van der Waals surface area (Å²) in [6.07, 6.45) is 0.951. The van der Waals surface area contributed by atoms with Crippen molar-refractivity contribution in [3.8, 4) is 5.75 Å². The number of benzene rings is 1. The Balaban J connectivity index is 3.28. The fourth-order valence-corrected chi connectivity index (χ4v) is 1.68. The van der Waals surface area contributed by atoms with Gasteiger partial charge in [-0.3, -0.25) is 0 Å². The van der Waals surface area contributed by atoms with Crippen LogP contribution in [0, 0.1) is 13.8 Å². The molecule has 0 saturated heterocycles. The van der Waals surface area contributed by atoms with Crippen molar-refractivity contribution < 1.29 is 5.11 Å². The second kappa shape index (κ2) is 3.65. The zero-order chi connectivity index (χ0) is 10.0. The molecule has 0 unspecified atom stereocenters. The lowest BCUT2D eigenvalue weighted by Gasteiger charge is -2.11. The standard InChI is InChI=1S/C12H16O/c1-5-8(2)12-9(3)6-11(13)7-10(12)4/h6-7,13H,2,5H2,1,3-4H3. The summed E-state index contributed by atoms with van der Waals surface area (Å²) in [5.74, 6) is 0.336. The zero-order valence-electron chi connectivity index (χ0n) is 8.52. The number of allylic oxidation sites excluding steroid dienone is 1. The number of rotatable bonds is 2. The molecule has 0 heterocycles. The third-order valence-corrected chi connectivity index (χ3v) is 2.30. The van der Waals surface area contributed by atoms with Gasteiger partial charge in [-0.2, -0.15) is 0 Å². The van der Waals surface area contributed by atoms with Gasteiger partial charge in [0.1, 0.15) is 5.75 Å². The van der Waals surface area contributed by atoms with Gasteiger partial charge in [0.25, 0.3) is 0 Å². The molecule has 1 N–H and O–H groups in total. The van der Waals surface area contributed by atoms with Crippen LogP contribution in [0.2, 0.25) is 0 Å². The Labute approximate surface area is 79.7 Å². The Morgan fingerprint density at radius 2 is 1.77 bits per heavy atom. The molecule has 0 aliphatic carbocycles. The molecule has 1 rings (SSSR count). The number of aryl methyl sites for hydroxylation is 2. The molecule has 13 heavy (non-hydrogen) atoms. The molecule has 0 saturated carbocycles. The second-order valence-electron chi connectivity index (χ2n) is 3.41. The van der Waals surface area contributed by atoms with E-state index >= 15 is 0 Å². The van der Waals surface area contributed by atoms with E-state index in [1.165, 1.54) is 5.56 Å². The van der Waals surface area contributed by atoms with Crippen LogP contribution < -0.4 is 0 Å². The van der Waals surface area contributed by atoms with Crippen molar-refractivity contribution in [2.24, 2.45) is 0 Å². The number of hydrogen-bond acceptors (Lipinski definition) is 1. The fraction of sp³-hybridized carbons (Fsp3) is 0.333. The lowest BCUT2D eigenvalue weighted by atomic mass is 9.95. The van der Waals surface area contributed by atoms with Crippen LogP contribution in [0.25, 0.3) is 5.57 Å². The molecule has 1 nitrogen and oxygen atoms in total. The topological polar surface area (TPSA) is 20.2 Å². The first-order valence-corrected chi connectivity index (χ1v) is 4.54. The molecule has 0 atom stereocenters. The molecule has 0 aliphatic rings. The minimum atomic E-state index is 0.336. The van der Waals surface area contributed by atoms with E-state index < -0.39 is 0 Å². The average molecular weight is 176 g/mol. The van der Waals surface area contributed by atoms with Crippen molar-refractivity contribution in [1.82, 2.24) is 0 Å². The van der Waals surface area contributed by atoms with Crippen molar-refractivity contribution in [2.75, 3.05) is 0 Å². The summed E-state index contributed by atoms with van der Waals surface area (Å²) < 4.78 is 0. The molecular formula is C12H16O. The van der Waals surface area contributed by atoms with E-state index in [1.807, 2.05) is 13.8 Å². The van der Waals surface area contributed by atoms with Gasteiger partial charge >= 0.3 is 0 Å². The van der Waals surface area contributed by atoms with Crippen molar-refractivity contribution >= 4 is 5.57 Å². The highest BCUT2D eigenvalue weighted by Crippen LogP contribution is 2.27. The maximum Gasteiger partial charge on any atom is 0.116 e. The Morgan fingerprint density at radius 3 is 2.15 bits per heavy atom. The van der Waals surface area contributed by atoms with Crippen molar-refractivity contribution in [2.45, 2.75) is 27.2 Å². The molecule has 0 amide bonds. The largest absolute Gasteiger partial charge is 0.508 e. The van der Waals surface area contributed by atoms with E-state index in [4.69, 9.17) is 0 Å². The molecule has 70 valence electrons. The lowest BCUT2D eigenvalue weighted by Crippen LogP contribution is -1.91. The minimum absolute atomic E-state index is 0.336. The monoisotopic (exact) mass is 176 g/mol. The highest BCUT2D eigenvalue weighted by Gasteiger charge is 2.06. The van der Waals surface area contributed by atoms with Crippen LogP contribution in [0.3, 0.4) is 0 Å². The third kappa shape index (κ3) is 1.92. The highest BCUT2D eigenvalue weighted by molar-refractivity contribution is 5.69. The Morgan fingerprint density at radius 1 is 1.31 bits per heavy atom. The fourth-order valence-electron chi connectivity index (χ4n) is 1.68. The maximum absolute atomic E-state index is 9.34. The Bertz CT molecular complexity index is 314. The molecule has 0 spiro atoms. The SMILES string of the molecule is C=C(CC)c1c(C)cc(O)cc1C. The van der Waals surface area contributed by atoms with E-state index in [1.54, 1.807) is 12.1 Å². The Kier molecular flexibility index (Phi) is 2.76. The third-order valence-electron chi connectivity index (χ3n) is 2.30. The van der Waals surface area contributed by atoms with Gasteiger partial charge in [-0.05, 0) is 54.7 Å². The smallest absolute Gasteiger partial charge is 0.116 e. The number of aromatic hydroxyl groups is 1. The molecule has 1 aromatic rings. The number of phenolic OH excluding ortho intramolecular Hbond substituents is 1. The van der Waals surface area contributed by atoms with Gasteiger partial charge < -0.3 is 5.11 Å². The first-order chi connectivity index (χ1) is 6.06. The van der Waals surface area contributed by atoms with Gasteiger partial charge in [0.15, 0.2) is 0 Å². The summed E-state index contributed by atoms with van der Waals surface area (Å²) in [6.45, 7) is 10.1. The second-order valence-corrected chi connectivity index (χ2v) is 3.41. The molecule has 0 aromatic heterocycles. The van der Waals surface area contributed by atoms with Crippen LogP contribution in [-0.2, 0) is 0 Å². The predicted octanol–water partition coefficient (Wildman–Crippen LogP) is 3.43. The van der Waals surface area contributed by atoms with Gasteiger partial charge in [-0.1, -0.05) is 13.5 Å². The zero-order valence-corrected chi connectivity index (χ0v) is 8.52. The average Bonchev–Trinajstić information content (AvgIpc) is 2.02. The highest BCUT2D eigenvalue weighted by atomic mass is 16.3. The summed E-state index contributed by atoms with van der Waals surface area (Å²) in [6, 6.07) is 3.56. The molecule has 0 aliphatic heterocycles. The van der Waals surface area contributed by atoms with Gasteiger partial charge in [-0.15, -0.1) is 0 Å². The van der Waals surface area contributed by atoms with E-state index in [-0.39, 0.29) is 0 Å². The van der Waals surface area contributed by atoms with Crippen molar-refractivity contribution in [3.05, 3.63) is 35.4 Å². The van der Waals surface area contributed by atoms with E-state index in [0.29, 0.717) is 5.75 Å². The van der Waals surface area contributed by atoms with Crippen LogP contribution in [0.15, 0.2) is 18.7 Å². The van der Waals surface area contributed by atoms with Gasteiger partial charge in [0.2, 0.25) is 0 Å². The van der Waals surface area contributed by atoms with Crippen LogP contribution >= 0.6 is 0 Å². The van der Waals surface area contributed by atoms with Crippen LogP contribution in [0.1, 0.15) is 30.0 Å². The van der Waals surface area contributed by atoms with E-state index in [2.05, 4.69) is 13.5 Å². The summed E-state index contributed by atoms with van der Waals surface area (Å²) in [5.41, 5.74) is 4.53. The summed E-state index contributed by atoms with van der Waals surface area (Å²) in [7, 11) is 0. The Hall–Kier alpha value is -1.24. The maximum atomic E-state index is 9.34. The van der Waals surface area contributed by atoms with Gasteiger partial charge in [0, 0.05) is 0 Å². The van der Waals surface area contributed by atoms with Crippen molar-refractivity contribution in [3.63, 3.8) is 0 Å². The molecule has 0 radical (unpaired) electrons.